The smallest absolute Gasteiger partial charge is 0.387 e. The Balaban J connectivity index is 1.94. The van der Waals surface area contributed by atoms with Gasteiger partial charge in [-0.05, 0) is 38.0 Å². The zero-order valence-corrected chi connectivity index (χ0v) is 15.6. The molecule has 27 heavy (non-hydrogen) atoms. The molecule has 1 aliphatic rings. The van der Waals surface area contributed by atoms with Crippen molar-refractivity contribution in [2.24, 2.45) is 10.9 Å². The van der Waals surface area contributed by atoms with E-state index in [1.54, 1.807) is 12.1 Å². The maximum absolute atomic E-state index is 12.6. The zero-order valence-electron chi connectivity index (χ0n) is 15.6. The lowest BCUT2D eigenvalue weighted by Crippen LogP contribution is -2.41. The second-order valence-electron chi connectivity index (χ2n) is 6.04. The molecule has 1 amide bonds. The molecule has 0 aliphatic heterocycles. The van der Waals surface area contributed by atoms with Gasteiger partial charge in [-0.25, -0.2) is 4.99 Å². The van der Waals surface area contributed by atoms with Crippen molar-refractivity contribution >= 4 is 11.9 Å². The Hall–Kier alpha value is -2.58. The molecule has 0 spiro atoms. The molecule has 1 aliphatic carbocycles. The van der Waals surface area contributed by atoms with Gasteiger partial charge in [0.2, 0.25) is 5.91 Å². The minimum atomic E-state index is -2.91. The average Bonchev–Trinajstić information content (AvgIpc) is 3.48. The first-order valence-corrected chi connectivity index (χ1v) is 8.95. The molecule has 0 atom stereocenters. The summed E-state index contributed by atoms with van der Waals surface area (Å²) in [5, 5.41) is 9.03. The van der Waals surface area contributed by atoms with Crippen LogP contribution < -0.4 is 25.4 Å². The summed E-state index contributed by atoms with van der Waals surface area (Å²) in [5.41, 5.74) is 0.480. The fraction of sp³-hybridized carbons (Fsp3) is 0.556. The van der Waals surface area contributed by atoms with Crippen LogP contribution in [0.15, 0.2) is 23.2 Å². The van der Waals surface area contributed by atoms with Gasteiger partial charge in [0, 0.05) is 31.1 Å². The Morgan fingerprint density at radius 1 is 1.26 bits per heavy atom. The monoisotopic (exact) mass is 384 g/mol. The minimum Gasteiger partial charge on any atom is -0.497 e. The maximum Gasteiger partial charge on any atom is 0.387 e. The van der Waals surface area contributed by atoms with Gasteiger partial charge >= 0.3 is 6.61 Å². The highest BCUT2D eigenvalue weighted by atomic mass is 19.3. The number of rotatable bonds is 10. The number of hydrogen-bond donors (Lipinski definition) is 3. The van der Waals surface area contributed by atoms with Crippen LogP contribution in [0, 0.1) is 5.92 Å². The topological polar surface area (TPSA) is 84.0 Å². The SMILES string of the molecule is CCNC(=NCc1cc(OC)ccc1OC(F)F)NCCNC(=O)C1CC1. The molecular formula is C18H26F2N4O3. The third kappa shape index (κ3) is 7.28. The maximum atomic E-state index is 12.6. The van der Waals surface area contributed by atoms with E-state index < -0.39 is 6.61 Å². The van der Waals surface area contributed by atoms with Crippen molar-refractivity contribution in [3.8, 4) is 11.5 Å². The Morgan fingerprint density at radius 3 is 2.63 bits per heavy atom. The normalized spacial score (nSPS) is 14.0. The summed E-state index contributed by atoms with van der Waals surface area (Å²) in [6.07, 6.45) is 1.93. The van der Waals surface area contributed by atoms with Crippen LogP contribution in [0.4, 0.5) is 8.78 Å². The third-order valence-corrected chi connectivity index (χ3v) is 3.90. The first kappa shape index (κ1) is 20.7. The summed E-state index contributed by atoms with van der Waals surface area (Å²) in [5.74, 6) is 1.37. The molecule has 0 radical (unpaired) electrons. The van der Waals surface area contributed by atoms with Crippen LogP contribution in [0.3, 0.4) is 0 Å². The first-order chi connectivity index (χ1) is 13.0. The minimum absolute atomic E-state index is 0.0575. The van der Waals surface area contributed by atoms with Gasteiger partial charge in [0.05, 0.1) is 13.7 Å². The number of hydrogen-bond acceptors (Lipinski definition) is 4. The van der Waals surface area contributed by atoms with Gasteiger partial charge < -0.3 is 25.4 Å². The van der Waals surface area contributed by atoms with Crippen molar-refractivity contribution in [1.29, 1.82) is 0 Å². The molecule has 1 saturated carbocycles. The summed E-state index contributed by atoms with van der Waals surface area (Å²) in [4.78, 5) is 16.0. The number of methoxy groups -OCH3 is 1. The van der Waals surface area contributed by atoms with Crippen molar-refractivity contribution in [2.75, 3.05) is 26.7 Å². The highest BCUT2D eigenvalue weighted by Gasteiger charge is 2.28. The van der Waals surface area contributed by atoms with Crippen molar-refractivity contribution in [1.82, 2.24) is 16.0 Å². The molecule has 0 aromatic heterocycles. The van der Waals surface area contributed by atoms with Crippen molar-refractivity contribution in [3.05, 3.63) is 23.8 Å². The molecule has 0 saturated heterocycles. The number of nitrogens with zero attached hydrogens (tertiary/aromatic N) is 1. The molecule has 150 valence electrons. The fourth-order valence-electron chi connectivity index (χ4n) is 2.38. The number of nitrogens with one attached hydrogen (secondary N) is 3. The number of carbonyl (C=O) groups is 1. The molecule has 3 N–H and O–H groups in total. The van der Waals surface area contributed by atoms with Crippen LogP contribution in [0.25, 0.3) is 0 Å². The summed E-state index contributed by atoms with van der Waals surface area (Å²) in [7, 11) is 1.50. The van der Waals surface area contributed by atoms with Gasteiger partial charge in [-0.1, -0.05) is 0 Å². The summed E-state index contributed by atoms with van der Waals surface area (Å²) in [6.45, 7) is 0.759. The van der Waals surface area contributed by atoms with Gasteiger partial charge in [0.1, 0.15) is 11.5 Å². The van der Waals surface area contributed by atoms with Crippen molar-refractivity contribution in [3.63, 3.8) is 0 Å². The lowest BCUT2D eigenvalue weighted by molar-refractivity contribution is -0.122. The van der Waals surface area contributed by atoms with Gasteiger partial charge in [-0.2, -0.15) is 8.78 Å². The van der Waals surface area contributed by atoms with E-state index in [0.717, 1.165) is 12.8 Å². The molecule has 2 rings (SSSR count). The van der Waals surface area contributed by atoms with Crippen molar-refractivity contribution in [2.45, 2.75) is 32.9 Å². The van der Waals surface area contributed by atoms with E-state index in [2.05, 4.69) is 25.7 Å². The van der Waals surface area contributed by atoms with E-state index >= 15 is 0 Å². The number of benzene rings is 1. The Kier molecular flexibility index (Phi) is 8.09. The van der Waals surface area contributed by atoms with Crippen LogP contribution in [0.5, 0.6) is 11.5 Å². The van der Waals surface area contributed by atoms with Gasteiger partial charge in [-0.15, -0.1) is 0 Å². The summed E-state index contributed by atoms with van der Waals surface area (Å²) in [6, 6.07) is 4.60. The highest BCUT2D eigenvalue weighted by molar-refractivity contribution is 5.81. The standard InChI is InChI=1S/C18H26F2N4O3/c1-3-21-18(23-9-8-22-16(25)12-4-5-12)24-11-13-10-14(26-2)6-7-15(13)27-17(19)20/h6-7,10,12,17H,3-5,8-9,11H2,1-2H3,(H,22,25)(H2,21,23,24). The summed E-state index contributed by atoms with van der Waals surface area (Å²) >= 11 is 0. The van der Waals surface area contributed by atoms with E-state index in [-0.39, 0.29) is 24.1 Å². The molecule has 1 aromatic carbocycles. The predicted octanol–water partition coefficient (Wildman–Crippen LogP) is 1.88. The number of halogens is 2. The fourth-order valence-corrected chi connectivity index (χ4v) is 2.38. The van der Waals surface area contributed by atoms with Crippen LogP contribution in [-0.2, 0) is 11.3 Å². The Bertz CT molecular complexity index is 651. The van der Waals surface area contributed by atoms with Gasteiger partial charge in [-0.3, -0.25) is 4.79 Å². The second kappa shape index (κ2) is 10.5. The number of guanidine groups is 1. The number of carbonyl (C=O) groups excluding carboxylic acids is 1. The molecule has 9 heteroatoms. The zero-order chi connectivity index (χ0) is 19.6. The van der Waals surface area contributed by atoms with Crippen molar-refractivity contribution < 1.29 is 23.0 Å². The van der Waals surface area contributed by atoms with Crippen LogP contribution in [0.1, 0.15) is 25.3 Å². The van der Waals surface area contributed by atoms with Crippen LogP contribution in [-0.4, -0.2) is 45.2 Å². The Labute approximate surface area is 157 Å². The third-order valence-electron chi connectivity index (χ3n) is 3.90. The van der Waals surface area contributed by atoms with E-state index in [0.29, 0.717) is 36.9 Å². The first-order valence-electron chi connectivity index (χ1n) is 8.95. The van der Waals surface area contributed by atoms with Crippen LogP contribution >= 0.6 is 0 Å². The quantitative estimate of drug-likeness (QED) is 0.326. The lowest BCUT2D eigenvalue weighted by atomic mass is 10.2. The number of amides is 1. The molecule has 1 aromatic rings. The molecule has 1 fully saturated rings. The largest absolute Gasteiger partial charge is 0.497 e. The van der Waals surface area contributed by atoms with E-state index in [4.69, 9.17) is 4.74 Å². The highest BCUT2D eigenvalue weighted by Crippen LogP contribution is 2.28. The number of aliphatic imine (C=N–C) groups is 1. The lowest BCUT2D eigenvalue weighted by Gasteiger charge is -2.14. The van der Waals surface area contributed by atoms with Gasteiger partial charge in [0.15, 0.2) is 5.96 Å². The second-order valence-corrected chi connectivity index (χ2v) is 6.04. The number of ether oxygens (including phenoxy) is 2. The molecule has 0 unspecified atom stereocenters. The van der Waals surface area contributed by atoms with E-state index in [1.165, 1.54) is 13.2 Å². The number of alkyl halides is 2. The average molecular weight is 384 g/mol. The molecule has 0 heterocycles. The molecule has 0 bridgehead atoms. The van der Waals surface area contributed by atoms with Crippen LogP contribution in [0.2, 0.25) is 0 Å². The molecular weight excluding hydrogens is 358 g/mol. The predicted molar refractivity (Wildman–Crippen MR) is 98.2 cm³/mol. The summed E-state index contributed by atoms with van der Waals surface area (Å²) < 4.78 is 34.8. The molecule has 7 nitrogen and oxygen atoms in total. The van der Waals surface area contributed by atoms with Gasteiger partial charge in [0.25, 0.3) is 0 Å². The van der Waals surface area contributed by atoms with E-state index in [9.17, 15) is 13.6 Å². The Morgan fingerprint density at radius 2 is 2.00 bits per heavy atom. The van der Waals surface area contributed by atoms with E-state index in [1.807, 2.05) is 6.92 Å².